The van der Waals surface area contributed by atoms with Crippen molar-refractivity contribution in [2.24, 2.45) is 11.8 Å². The molecule has 1 saturated heterocycles. The quantitative estimate of drug-likeness (QED) is 0.763. The van der Waals surface area contributed by atoms with Gasteiger partial charge in [0.2, 0.25) is 11.8 Å². The van der Waals surface area contributed by atoms with E-state index in [-0.39, 0.29) is 23.8 Å². The Morgan fingerprint density at radius 3 is 2.33 bits per heavy atom. The highest BCUT2D eigenvalue weighted by atomic mass is 16.2. The molecule has 1 aliphatic heterocycles. The van der Waals surface area contributed by atoms with Crippen molar-refractivity contribution in [1.82, 2.24) is 10.2 Å². The summed E-state index contributed by atoms with van der Waals surface area (Å²) in [6, 6.07) is -0.894. The smallest absolute Gasteiger partial charge is 0.246 e. The maximum Gasteiger partial charge on any atom is 0.246 e. The minimum absolute atomic E-state index is 0.0177. The van der Waals surface area contributed by atoms with Crippen molar-refractivity contribution >= 4 is 11.8 Å². The molecule has 0 aliphatic carbocycles. The van der Waals surface area contributed by atoms with Gasteiger partial charge in [0, 0.05) is 12.5 Å². The maximum absolute atomic E-state index is 12.8. The van der Waals surface area contributed by atoms with Gasteiger partial charge in [0.25, 0.3) is 0 Å². The first-order valence-corrected chi connectivity index (χ1v) is 7.89. The van der Waals surface area contributed by atoms with Gasteiger partial charge < -0.3 is 10.2 Å². The third-order valence-corrected chi connectivity index (χ3v) is 3.99. The topological polar surface area (TPSA) is 49.4 Å². The molecule has 0 aromatic rings. The first-order chi connectivity index (χ1) is 9.83. The van der Waals surface area contributed by atoms with Crippen LogP contribution in [0.1, 0.15) is 53.9 Å². The van der Waals surface area contributed by atoms with Crippen molar-refractivity contribution < 1.29 is 9.59 Å². The first-order valence-electron chi connectivity index (χ1n) is 7.89. The number of carbonyl (C=O) groups excluding carboxylic acids is 2. The molecule has 1 heterocycles. The van der Waals surface area contributed by atoms with Crippen molar-refractivity contribution in [2.45, 2.75) is 72.0 Å². The molecule has 3 atom stereocenters. The SMILES string of the molecule is C#CCC(CC)N1C(=O)C(CC(C)C)NC(=O)C1C(C)C. The molecule has 0 aromatic carbocycles. The summed E-state index contributed by atoms with van der Waals surface area (Å²) in [4.78, 5) is 27.1. The lowest BCUT2D eigenvalue weighted by atomic mass is 9.91. The van der Waals surface area contributed by atoms with Crippen LogP contribution in [-0.2, 0) is 9.59 Å². The third kappa shape index (κ3) is 4.00. The number of amides is 2. The highest BCUT2D eigenvalue weighted by Gasteiger charge is 2.44. The van der Waals surface area contributed by atoms with E-state index >= 15 is 0 Å². The predicted octanol–water partition coefficient (Wildman–Crippen LogP) is 2.19. The Hall–Kier alpha value is -1.50. The van der Waals surface area contributed by atoms with Crippen molar-refractivity contribution in [3.8, 4) is 12.3 Å². The van der Waals surface area contributed by atoms with Gasteiger partial charge in [-0.05, 0) is 24.7 Å². The Bertz CT molecular complexity index is 423. The second-order valence-corrected chi connectivity index (χ2v) is 6.60. The zero-order valence-electron chi connectivity index (χ0n) is 13.8. The molecule has 2 amide bonds. The van der Waals surface area contributed by atoms with Crippen LogP contribution in [-0.4, -0.2) is 34.8 Å². The second-order valence-electron chi connectivity index (χ2n) is 6.60. The molecule has 1 fully saturated rings. The predicted molar refractivity (Wildman–Crippen MR) is 84.4 cm³/mol. The minimum atomic E-state index is -0.417. The van der Waals surface area contributed by atoms with E-state index in [1.807, 2.05) is 20.8 Å². The fourth-order valence-electron chi connectivity index (χ4n) is 3.00. The number of terminal acetylenes is 1. The molecule has 1 aliphatic rings. The Morgan fingerprint density at radius 1 is 1.29 bits per heavy atom. The fourth-order valence-corrected chi connectivity index (χ4v) is 3.00. The van der Waals surface area contributed by atoms with Crippen LogP contribution < -0.4 is 5.32 Å². The molecule has 0 bridgehead atoms. The van der Waals surface area contributed by atoms with Gasteiger partial charge in [0.05, 0.1) is 0 Å². The Balaban J connectivity index is 3.11. The van der Waals surface area contributed by atoms with Crippen LogP contribution in [0.3, 0.4) is 0 Å². The molecule has 118 valence electrons. The third-order valence-electron chi connectivity index (χ3n) is 3.99. The molecule has 0 radical (unpaired) electrons. The molecule has 0 saturated carbocycles. The van der Waals surface area contributed by atoms with E-state index in [1.165, 1.54) is 0 Å². The monoisotopic (exact) mass is 292 g/mol. The van der Waals surface area contributed by atoms with Gasteiger partial charge in [0.15, 0.2) is 0 Å². The molecule has 4 heteroatoms. The summed E-state index contributed by atoms with van der Waals surface area (Å²) in [5, 5.41) is 2.90. The molecule has 0 aromatic heterocycles. The largest absolute Gasteiger partial charge is 0.342 e. The van der Waals surface area contributed by atoms with E-state index in [2.05, 4.69) is 25.1 Å². The summed E-state index contributed by atoms with van der Waals surface area (Å²) < 4.78 is 0. The number of nitrogens with zero attached hydrogens (tertiary/aromatic N) is 1. The number of piperazine rings is 1. The number of rotatable bonds is 6. The van der Waals surface area contributed by atoms with Crippen molar-refractivity contribution in [2.75, 3.05) is 0 Å². The van der Waals surface area contributed by atoms with Gasteiger partial charge in [-0.2, -0.15) is 0 Å². The van der Waals surface area contributed by atoms with Gasteiger partial charge in [-0.25, -0.2) is 0 Å². The number of nitrogens with one attached hydrogen (secondary N) is 1. The van der Waals surface area contributed by atoms with E-state index in [1.54, 1.807) is 4.90 Å². The average molecular weight is 292 g/mol. The molecular weight excluding hydrogens is 264 g/mol. The van der Waals surface area contributed by atoms with E-state index in [0.29, 0.717) is 18.8 Å². The molecule has 1 rings (SSSR count). The molecule has 21 heavy (non-hydrogen) atoms. The number of hydrogen-bond acceptors (Lipinski definition) is 2. The van der Waals surface area contributed by atoms with Crippen LogP contribution in [0.25, 0.3) is 0 Å². The van der Waals surface area contributed by atoms with Gasteiger partial charge in [-0.1, -0.05) is 34.6 Å². The Kier molecular flexibility index (Phi) is 6.26. The lowest BCUT2D eigenvalue weighted by molar-refractivity contribution is -0.154. The van der Waals surface area contributed by atoms with Crippen LogP contribution in [0.5, 0.6) is 0 Å². The van der Waals surface area contributed by atoms with Crippen LogP contribution in [0.2, 0.25) is 0 Å². The zero-order chi connectivity index (χ0) is 16.2. The van der Waals surface area contributed by atoms with E-state index < -0.39 is 12.1 Å². The first kappa shape index (κ1) is 17.6. The van der Waals surface area contributed by atoms with Crippen LogP contribution in [0.15, 0.2) is 0 Å². The van der Waals surface area contributed by atoms with Crippen LogP contribution in [0, 0.1) is 24.2 Å². The second kappa shape index (κ2) is 7.49. The minimum Gasteiger partial charge on any atom is -0.342 e. The van der Waals surface area contributed by atoms with Gasteiger partial charge in [0.1, 0.15) is 12.1 Å². The zero-order valence-corrected chi connectivity index (χ0v) is 13.8. The summed E-state index contributed by atoms with van der Waals surface area (Å²) in [7, 11) is 0. The van der Waals surface area contributed by atoms with E-state index in [4.69, 9.17) is 6.42 Å². The summed E-state index contributed by atoms with van der Waals surface area (Å²) in [6.45, 7) is 10.1. The normalized spacial score (nSPS) is 24.2. The standard InChI is InChI=1S/C17H28N2O2/c1-7-9-13(8-2)19-15(12(5)6)16(20)18-14(17(19)21)10-11(3)4/h1,11-15H,8-10H2,2-6H3,(H,18,20). The molecule has 4 nitrogen and oxygen atoms in total. The molecular formula is C17H28N2O2. The number of hydrogen-bond donors (Lipinski definition) is 1. The lowest BCUT2D eigenvalue weighted by Gasteiger charge is -2.44. The average Bonchev–Trinajstić information content (AvgIpc) is 2.38. The fraction of sp³-hybridized carbons (Fsp3) is 0.765. The van der Waals surface area contributed by atoms with Gasteiger partial charge in [-0.3, -0.25) is 9.59 Å². The van der Waals surface area contributed by atoms with Crippen molar-refractivity contribution in [3.63, 3.8) is 0 Å². The van der Waals surface area contributed by atoms with E-state index in [9.17, 15) is 9.59 Å². The lowest BCUT2D eigenvalue weighted by Crippen LogP contribution is -2.67. The Morgan fingerprint density at radius 2 is 1.90 bits per heavy atom. The van der Waals surface area contributed by atoms with Gasteiger partial charge >= 0.3 is 0 Å². The van der Waals surface area contributed by atoms with Crippen molar-refractivity contribution in [1.29, 1.82) is 0 Å². The summed E-state index contributed by atoms with van der Waals surface area (Å²) in [5.74, 6) is 3.03. The van der Waals surface area contributed by atoms with Crippen LogP contribution in [0.4, 0.5) is 0 Å². The Labute approximate surface area is 128 Å². The highest BCUT2D eigenvalue weighted by molar-refractivity contribution is 5.97. The van der Waals surface area contributed by atoms with Crippen molar-refractivity contribution in [3.05, 3.63) is 0 Å². The molecule has 1 N–H and O–H groups in total. The maximum atomic E-state index is 12.8. The van der Waals surface area contributed by atoms with Crippen LogP contribution >= 0.6 is 0 Å². The highest BCUT2D eigenvalue weighted by Crippen LogP contribution is 2.25. The summed E-state index contributed by atoms with van der Waals surface area (Å²) in [5.41, 5.74) is 0. The summed E-state index contributed by atoms with van der Waals surface area (Å²) >= 11 is 0. The number of carbonyl (C=O) groups is 2. The summed E-state index contributed by atoms with van der Waals surface area (Å²) in [6.07, 6.45) is 7.36. The van der Waals surface area contributed by atoms with Gasteiger partial charge in [-0.15, -0.1) is 12.3 Å². The molecule has 3 unspecified atom stereocenters. The molecule has 0 spiro atoms. The van der Waals surface area contributed by atoms with E-state index in [0.717, 1.165) is 6.42 Å².